The summed E-state index contributed by atoms with van der Waals surface area (Å²) in [5.41, 5.74) is 6.60. The van der Waals surface area contributed by atoms with Crippen molar-refractivity contribution in [2.45, 2.75) is 6.92 Å². The molecule has 0 aromatic carbocycles. The number of nitrogens with zero attached hydrogens (tertiary/aromatic N) is 3. The quantitative estimate of drug-likeness (QED) is 0.616. The molecule has 0 aliphatic carbocycles. The minimum absolute atomic E-state index is 0.193. The first-order valence-corrected chi connectivity index (χ1v) is 5.01. The number of aromatic nitrogens is 2. The smallest absolute Gasteiger partial charge is 0.229 e. The Labute approximate surface area is 99.9 Å². The topological polar surface area (TPSA) is 67.1 Å². The molecule has 1 rings (SSSR count). The molecule has 0 radical (unpaired) electrons. The lowest BCUT2D eigenvalue weighted by molar-refractivity contribution is 0.369. The second kappa shape index (κ2) is 5.29. The average Bonchev–Trinajstić information content (AvgIpc) is 2.29. The van der Waals surface area contributed by atoms with E-state index in [9.17, 15) is 4.39 Å². The number of anilines is 2. The van der Waals surface area contributed by atoms with E-state index < -0.39 is 5.95 Å². The van der Waals surface area contributed by atoms with Crippen molar-refractivity contribution in [2.24, 2.45) is 0 Å². The van der Waals surface area contributed by atoms with Crippen molar-refractivity contribution in [3.63, 3.8) is 0 Å². The highest BCUT2D eigenvalue weighted by atomic mass is 19.1. The first-order chi connectivity index (χ1) is 7.95. The first-order valence-electron chi connectivity index (χ1n) is 5.01. The molecule has 0 bridgehead atoms. The highest BCUT2D eigenvalue weighted by Crippen LogP contribution is 2.14. The van der Waals surface area contributed by atoms with Crippen molar-refractivity contribution >= 4 is 11.8 Å². The lowest BCUT2D eigenvalue weighted by atomic mass is 10.3. The molecule has 17 heavy (non-hydrogen) atoms. The standard InChI is InChI=1S/C11H16FN5/c1-5-8(9(12)17(3)4)15-11-14-6-7(2)10(13)16-11/h5-6H,1H2,2-4H3,(H3,13,14,15,16)/b9-8+. The fourth-order valence-electron chi connectivity index (χ4n) is 1.06. The summed E-state index contributed by atoms with van der Waals surface area (Å²) in [6, 6.07) is 0. The maximum absolute atomic E-state index is 13.6. The van der Waals surface area contributed by atoms with E-state index in [-0.39, 0.29) is 11.6 Å². The monoisotopic (exact) mass is 237 g/mol. The normalized spacial score (nSPS) is 11.8. The number of nitrogens with one attached hydrogen (secondary N) is 1. The predicted octanol–water partition coefficient (Wildman–Crippen LogP) is 1.67. The molecule has 0 amide bonds. The third-order valence-electron chi connectivity index (χ3n) is 2.08. The second-order valence-corrected chi connectivity index (χ2v) is 3.69. The third kappa shape index (κ3) is 3.17. The van der Waals surface area contributed by atoms with Gasteiger partial charge in [0.05, 0.1) is 5.70 Å². The molecule has 1 heterocycles. The number of halogens is 1. The summed E-state index contributed by atoms with van der Waals surface area (Å²) >= 11 is 0. The van der Waals surface area contributed by atoms with Crippen molar-refractivity contribution in [2.75, 3.05) is 25.1 Å². The number of rotatable bonds is 4. The van der Waals surface area contributed by atoms with E-state index in [1.165, 1.54) is 11.0 Å². The predicted molar refractivity (Wildman–Crippen MR) is 66.8 cm³/mol. The Bertz CT molecular complexity index is 453. The van der Waals surface area contributed by atoms with E-state index in [1.54, 1.807) is 27.2 Å². The minimum atomic E-state index is -0.456. The van der Waals surface area contributed by atoms with Gasteiger partial charge in [-0.2, -0.15) is 9.37 Å². The third-order valence-corrected chi connectivity index (χ3v) is 2.08. The Morgan fingerprint density at radius 3 is 2.71 bits per heavy atom. The Hall–Kier alpha value is -2.11. The van der Waals surface area contributed by atoms with Gasteiger partial charge in [0.1, 0.15) is 5.82 Å². The molecule has 0 saturated heterocycles. The van der Waals surface area contributed by atoms with E-state index in [0.717, 1.165) is 5.56 Å². The van der Waals surface area contributed by atoms with E-state index in [0.29, 0.717) is 5.82 Å². The van der Waals surface area contributed by atoms with Gasteiger partial charge in [-0.3, -0.25) is 0 Å². The Morgan fingerprint density at radius 2 is 2.24 bits per heavy atom. The highest BCUT2D eigenvalue weighted by Gasteiger charge is 2.08. The van der Waals surface area contributed by atoms with Gasteiger partial charge in [-0.15, -0.1) is 0 Å². The number of hydrogen-bond acceptors (Lipinski definition) is 5. The van der Waals surface area contributed by atoms with Gasteiger partial charge in [-0.25, -0.2) is 4.98 Å². The summed E-state index contributed by atoms with van der Waals surface area (Å²) in [7, 11) is 3.18. The van der Waals surface area contributed by atoms with Crippen LogP contribution in [0.3, 0.4) is 0 Å². The van der Waals surface area contributed by atoms with Gasteiger partial charge in [0.2, 0.25) is 11.9 Å². The van der Waals surface area contributed by atoms with Crippen LogP contribution in [-0.2, 0) is 0 Å². The van der Waals surface area contributed by atoms with Gasteiger partial charge in [0.15, 0.2) is 0 Å². The molecule has 3 N–H and O–H groups in total. The SMILES string of the molecule is C=C/C(Nc1ncc(C)c(N)n1)=C(/F)N(C)C. The van der Waals surface area contributed by atoms with Crippen LogP contribution in [0.25, 0.3) is 0 Å². The van der Waals surface area contributed by atoms with Crippen LogP contribution in [0.5, 0.6) is 0 Å². The summed E-state index contributed by atoms with van der Waals surface area (Å²) < 4.78 is 13.6. The molecule has 0 aliphatic rings. The van der Waals surface area contributed by atoms with Gasteiger partial charge >= 0.3 is 0 Å². The van der Waals surface area contributed by atoms with Gasteiger partial charge < -0.3 is 16.0 Å². The van der Waals surface area contributed by atoms with Crippen molar-refractivity contribution in [3.8, 4) is 0 Å². The van der Waals surface area contributed by atoms with E-state index in [2.05, 4.69) is 21.9 Å². The zero-order chi connectivity index (χ0) is 13.0. The fourth-order valence-corrected chi connectivity index (χ4v) is 1.06. The van der Waals surface area contributed by atoms with Crippen LogP contribution in [0.2, 0.25) is 0 Å². The summed E-state index contributed by atoms with van der Waals surface area (Å²) in [5.74, 6) is 0.138. The number of nitrogens with two attached hydrogens (primary N) is 1. The van der Waals surface area contributed by atoms with Crippen molar-refractivity contribution < 1.29 is 4.39 Å². The van der Waals surface area contributed by atoms with Gasteiger partial charge in [0, 0.05) is 25.9 Å². The van der Waals surface area contributed by atoms with Crippen LogP contribution in [0.1, 0.15) is 5.56 Å². The second-order valence-electron chi connectivity index (χ2n) is 3.69. The number of allylic oxidation sites excluding steroid dienone is 1. The van der Waals surface area contributed by atoms with Crippen LogP contribution >= 0.6 is 0 Å². The summed E-state index contributed by atoms with van der Waals surface area (Å²) in [4.78, 5) is 9.31. The Kier molecular flexibility index (Phi) is 4.03. The summed E-state index contributed by atoms with van der Waals surface area (Å²) in [5, 5.41) is 2.72. The van der Waals surface area contributed by atoms with E-state index in [4.69, 9.17) is 5.73 Å². The molecule has 1 aromatic rings. The van der Waals surface area contributed by atoms with Crippen molar-refractivity contribution in [1.82, 2.24) is 14.9 Å². The molecule has 0 fully saturated rings. The molecule has 6 heteroatoms. The molecule has 92 valence electrons. The van der Waals surface area contributed by atoms with Crippen LogP contribution in [0, 0.1) is 6.92 Å². The average molecular weight is 237 g/mol. The maximum atomic E-state index is 13.6. The Morgan fingerprint density at radius 1 is 1.59 bits per heavy atom. The van der Waals surface area contributed by atoms with Crippen LogP contribution in [-0.4, -0.2) is 29.0 Å². The minimum Gasteiger partial charge on any atom is -0.383 e. The molecule has 5 nitrogen and oxygen atoms in total. The molecule has 0 atom stereocenters. The number of aryl methyl sites for hydroxylation is 1. The van der Waals surface area contributed by atoms with Crippen molar-refractivity contribution in [1.29, 1.82) is 0 Å². The summed E-state index contributed by atoms with van der Waals surface area (Å²) in [6.45, 7) is 5.32. The molecular weight excluding hydrogens is 221 g/mol. The maximum Gasteiger partial charge on any atom is 0.229 e. The number of hydrogen-bond donors (Lipinski definition) is 2. The highest BCUT2D eigenvalue weighted by molar-refractivity contribution is 5.46. The van der Waals surface area contributed by atoms with Crippen LogP contribution in [0.4, 0.5) is 16.2 Å². The zero-order valence-electron chi connectivity index (χ0n) is 10.2. The lowest BCUT2D eigenvalue weighted by Gasteiger charge is -2.13. The zero-order valence-corrected chi connectivity index (χ0v) is 10.2. The fraction of sp³-hybridized carbons (Fsp3) is 0.273. The van der Waals surface area contributed by atoms with E-state index >= 15 is 0 Å². The molecule has 0 aliphatic heterocycles. The van der Waals surface area contributed by atoms with Crippen LogP contribution < -0.4 is 11.1 Å². The van der Waals surface area contributed by atoms with Gasteiger partial charge in [-0.1, -0.05) is 6.58 Å². The van der Waals surface area contributed by atoms with Crippen LogP contribution in [0.15, 0.2) is 30.5 Å². The van der Waals surface area contributed by atoms with Gasteiger partial charge in [0.25, 0.3) is 0 Å². The van der Waals surface area contributed by atoms with Gasteiger partial charge in [-0.05, 0) is 13.0 Å². The molecular formula is C11H16FN5. The first kappa shape index (κ1) is 13.0. The largest absolute Gasteiger partial charge is 0.383 e. The summed E-state index contributed by atoms with van der Waals surface area (Å²) in [6.07, 6.45) is 2.92. The molecule has 1 aromatic heterocycles. The Balaban J connectivity index is 3.00. The lowest BCUT2D eigenvalue weighted by Crippen LogP contribution is -2.14. The van der Waals surface area contributed by atoms with Crippen molar-refractivity contribution in [3.05, 3.63) is 36.1 Å². The molecule has 0 spiro atoms. The molecule has 0 unspecified atom stereocenters. The van der Waals surface area contributed by atoms with E-state index in [1.807, 2.05) is 0 Å². The molecule has 0 saturated carbocycles. The number of nitrogen functional groups attached to an aromatic ring is 1.